The molecule has 6 rings (SSSR count). The van der Waals surface area contributed by atoms with E-state index < -0.39 is 6.61 Å². The van der Waals surface area contributed by atoms with Gasteiger partial charge in [0.05, 0.1) is 5.56 Å². The third-order valence-corrected chi connectivity index (χ3v) is 8.26. The number of benzene rings is 3. The molecule has 2 aliphatic heterocycles. The van der Waals surface area contributed by atoms with Crippen LogP contribution in [0, 0.1) is 5.92 Å². The number of piperidine rings is 2. The molecule has 2 fully saturated rings. The van der Waals surface area contributed by atoms with Crippen LogP contribution in [0.25, 0.3) is 11.1 Å². The fourth-order valence-electron chi connectivity index (χ4n) is 6.65. The van der Waals surface area contributed by atoms with Crippen LogP contribution in [-0.4, -0.2) is 42.1 Å². The number of fused-ring (bicyclic) bond motifs is 5. The Morgan fingerprint density at radius 2 is 1.42 bits per heavy atom. The van der Waals surface area contributed by atoms with Crippen molar-refractivity contribution in [1.29, 1.82) is 0 Å². The summed E-state index contributed by atoms with van der Waals surface area (Å²) < 4.78 is 36.3. The zero-order chi connectivity index (χ0) is 26.2. The Morgan fingerprint density at radius 1 is 0.842 bits per heavy atom. The lowest BCUT2D eigenvalue weighted by Crippen LogP contribution is -2.55. The van der Waals surface area contributed by atoms with Gasteiger partial charge in [0.25, 0.3) is 0 Å². The largest absolute Gasteiger partial charge is 0.448 e. The van der Waals surface area contributed by atoms with Crippen LogP contribution in [0.2, 0.25) is 0 Å². The number of amides is 1. The number of alkyl halides is 2. The molecule has 3 aromatic carbocycles. The van der Waals surface area contributed by atoms with Crippen molar-refractivity contribution in [1.82, 2.24) is 4.90 Å². The standard InChI is InChI=1S/C31H29F2NO4/c32-30(33)38-28-15-6-5-14-26(28)29(35)19-16-20-8-7-9-21(17-19)34(20)31(36)37-18-27-24-12-3-1-10-22(24)23-11-2-4-13-25(23)27/h1-6,10-15,19-21,27,30H,7-9,16-18H2. The molecule has 38 heavy (non-hydrogen) atoms. The van der Waals surface area contributed by atoms with Gasteiger partial charge in [-0.2, -0.15) is 8.78 Å². The topological polar surface area (TPSA) is 55.8 Å². The highest BCUT2D eigenvalue weighted by molar-refractivity contribution is 6.00. The first-order chi connectivity index (χ1) is 18.5. The van der Waals surface area contributed by atoms with Gasteiger partial charge in [-0.1, -0.05) is 60.7 Å². The van der Waals surface area contributed by atoms with Gasteiger partial charge in [0.1, 0.15) is 12.4 Å². The van der Waals surface area contributed by atoms with E-state index in [0.717, 1.165) is 30.4 Å². The van der Waals surface area contributed by atoms with Crippen LogP contribution < -0.4 is 4.74 Å². The molecule has 1 amide bonds. The minimum Gasteiger partial charge on any atom is -0.448 e. The lowest BCUT2D eigenvalue weighted by molar-refractivity contribution is -0.0503. The molecule has 2 atom stereocenters. The third kappa shape index (κ3) is 4.44. The van der Waals surface area contributed by atoms with Crippen LogP contribution >= 0.6 is 0 Å². The highest BCUT2D eigenvalue weighted by atomic mass is 19.3. The molecule has 7 heteroatoms. The predicted molar refractivity (Wildman–Crippen MR) is 138 cm³/mol. The first-order valence-corrected chi connectivity index (χ1v) is 13.2. The van der Waals surface area contributed by atoms with Gasteiger partial charge in [-0.3, -0.25) is 4.79 Å². The van der Waals surface area contributed by atoms with Crippen molar-refractivity contribution in [2.45, 2.75) is 56.7 Å². The number of rotatable bonds is 6. The van der Waals surface area contributed by atoms with E-state index in [4.69, 9.17) is 4.74 Å². The average molecular weight is 518 g/mol. The van der Waals surface area contributed by atoms with Gasteiger partial charge >= 0.3 is 12.7 Å². The molecule has 1 aliphatic carbocycles. The molecule has 0 aromatic heterocycles. The number of para-hydroxylation sites is 1. The van der Waals surface area contributed by atoms with Crippen LogP contribution in [0.15, 0.2) is 72.8 Å². The molecule has 2 saturated heterocycles. The zero-order valence-corrected chi connectivity index (χ0v) is 20.9. The Balaban J connectivity index is 1.16. The highest BCUT2D eigenvalue weighted by Gasteiger charge is 2.44. The summed E-state index contributed by atoms with van der Waals surface area (Å²) in [7, 11) is 0. The summed E-state index contributed by atoms with van der Waals surface area (Å²) in [6, 6.07) is 22.4. The molecule has 0 N–H and O–H groups in total. The molecule has 0 saturated carbocycles. The van der Waals surface area contributed by atoms with Crippen molar-refractivity contribution in [3.8, 4) is 16.9 Å². The van der Waals surface area contributed by atoms with Gasteiger partial charge < -0.3 is 14.4 Å². The van der Waals surface area contributed by atoms with E-state index in [1.54, 1.807) is 12.1 Å². The van der Waals surface area contributed by atoms with Crippen LogP contribution in [0.3, 0.4) is 0 Å². The van der Waals surface area contributed by atoms with Crippen molar-refractivity contribution in [3.63, 3.8) is 0 Å². The molecule has 2 bridgehead atoms. The Labute approximate surface area is 220 Å². The first kappa shape index (κ1) is 24.6. The summed E-state index contributed by atoms with van der Waals surface area (Å²) >= 11 is 0. The van der Waals surface area contributed by atoms with E-state index in [-0.39, 0.29) is 53.7 Å². The van der Waals surface area contributed by atoms with Gasteiger partial charge in [-0.15, -0.1) is 0 Å². The van der Waals surface area contributed by atoms with Crippen LogP contribution in [-0.2, 0) is 4.74 Å². The maximum absolute atomic E-state index is 13.4. The van der Waals surface area contributed by atoms with Crippen LogP contribution in [0.5, 0.6) is 5.75 Å². The monoisotopic (exact) mass is 517 g/mol. The minimum absolute atomic E-state index is 0.0170. The molecule has 5 nitrogen and oxygen atoms in total. The summed E-state index contributed by atoms with van der Waals surface area (Å²) in [5, 5.41) is 0. The van der Waals surface area contributed by atoms with Crippen molar-refractivity contribution in [2.24, 2.45) is 5.92 Å². The Kier molecular flexibility index (Phi) is 6.60. The maximum Gasteiger partial charge on any atom is 0.410 e. The van der Waals surface area contributed by atoms with E-state index in [9.17, 15) is 18.4 Å². The van der Waals surface area contributed by atoms with Crippen molar-refractivity contribution >= 4 is 11.9 Å². The second kappa shape index (κ2) is 10.2. The number of carbonyl (C=O) groups excluding carboxylic acids is 2. The van der Waals surface area contributed by atoms with Gasteiger partial charge in [0.15, 0.2) is 5.78 Å². The second-order valence-corrected chi connectivity index (χ2v) is 10.4. The van der Waals surface area contributed by atoms with Gasteiger partial charge in [0.2, 0.25) is 0 Å². The number of ketones is 1. The number of hydrogen-bond acceptors (Lipinski definition) is 4. The fourth-order valence-corrected chi connectivity index (χ4v) is 6.65. The van der Waals surface area contributed by atoms with E-state index in [1.807, 2.05) is 29.2 Å². The number of nitrogens with zero attached hydrogens (tertiary/aromatic N) is 1. The predicted octanol–water partition coefficient (Wildman–Crippen LogP) is 7.05. The zero-order valence-electron chi connectivity index (χ0n) is 20.9. The maximum atomic E-state index is 13.4. The van der Waals surface area contributed by atoms with Gasteiger partial charge in [-0.05, 0) is 66.5 Å². The second-order valence-electron chi connectivity index (χ2n) is 10.4. The quantitative estimate of drug-likeness (QED) is 0.329. The van der Waals surface area contributed by atoms with Crippen molar-refractivity contribution < 1.29 is 27.8 Å². The Hall–Kier alpha value is -3.74. The highest BCUT2D eigenvalue weighted by Crippen LogP contribution is 2.45. The molecule has 2 heterocycles. The molecular formula is C31H29F2NO4. The smallest absolute Gasteiger partial charge is 0.410 e. The van der Waals surface area contributed by atoms with Crippen molar-refractivity contribution in [2.75, 3.05) is 6.61 Å². The van der Waals surface area contributed by atoms with Crippen LogP contribution in [0.1, 0.15) is 59.5 Å². The summed E-state index contributed by atoms with van der Waals surface area (Å²) in [4.78, 5) is 28.6. The Morgan fingerprint density at radius 3 is 2.05 bits per heavy atom. The number of Topliss-reactive ketones (excluding diaryl/α,β-unsaturated/α-hetero) is 1. The third-order valence-electron chi connectivity index (χ3n) is 8.26. The summed E-state index contributed by atoms with van der Waals surface area (Å²) in [6.45, 7) is -2.75. The van der Waals surface area contributed by atoms with E-state index in [0.29, 0.717) is 12.8 Å². The summed E-state index contributed by atoms with van der Waals surface area (Å²) in [5.41, 5.74) is 4.85. The molecule has 0 radical (unpaired) electrons. The SMILES string of the molecule is O=C(c1ccccc1OC(F)F)C1CC2CCCC(C1)N2C(=O)OCC1c2ccccc2-c2ccccc21. The van der Waals surface area contributed by atoms with Gasteiger partial charge in [-0.25, -0.2) is 4.79 Å². The van der Waals surface area contributed by atoms with E-state index in [2.05, 4.69) is 29.0 Å². The van der Waals surface area contributed by atoms with Gasteiger partial charge in [0, 0.05) is 23.9 Å². The molecule has 3 aliphatic rings. The number of hydrogen-bond donors (Lipinski definition) is 0. The van der Waals surface area contributed by atoms with E-state index >= 15 is 0 Å². The number of carbonyl (C=O) groups is 2. The lowest BCUT2D eigenvalue weighted by atomic mass is 9.75. The molecule has 3 aromatic rings. The normalized spacial score (nSPS) is 22.1. The fraction of sp³-hybridized carbons (Fsp3) is 0.355. The lowest BCUT2D eigenvalue weighted by Gasteiger charge is -2.47. The molecule has 0 spiro atoms. The molecule has 196 valence electrons. The van der Waals surface area contributed by atoms with Crippen LogP contribution in [0.4, 0.5) is 13.6 Å². The number of ether oxygens (including phenoxy) is 2. The molecule has 2 unspecified atom stereocenters. The summed E-state index contributed by atoms with van der Waals surface area (Å²) in [5.74, 6) is -0.677. The number of halogens is 2. The Bertz CT molecular complexity index is 1300. The van der Waals surface area contributed by atoms with Crippen molar-refractivity contribution in [3.05, 3.63) is 89.5 Å². The summed E-state index contributed by atoms with van der Waals surface area (Å²) in [6.07, 6.45) is 3.20. The molecular weight excluding hydrogens is 488 g/mol. The van der Waals surface area contributed by atoms with E-state index in [1.165, 1.54) is 23.3 Å². The average Bonchev–Trinajstić information content (AvgIpc) is 3.24. The first-order valence-electron chi connectivity index (χ1n) is 13.2. The minimum atomic E-state index is -3.00.